The molecule has 1 aromatic rings. The number of hydrogen-bond donors (Lipinski definition) is 2. The fraction of sp³-hybridized carbons (Fsp3) is 0.300. The minimum absolute atomic E-state index is 0.137. The van der Waals surface area contributed by atoms with Crippen molar-refractivity contribution >= 4 is 45.2 Å². The van der Waals surface area contributed by atoms with Crippen molar-refractivity contribution in [3.8, 4) is 11.8 Å². The zero-order valence-corrected chi connectivity index (χ0v) is 12.3. The lowest BCUT2D eigenvalue weighted by Gasteiger charge is -2.14. The first-order valence-electron chi connectivity index (χ1n) is 4.31. The number of nitrogens with zero attached hydrogens (tertiary/aromatic N) is 1. The Morgan fingerprint density at radius 3 is 2.60 bits per heavy atom. The van der Waals surface area contributed by atoms with Crippen LogP contribution in [-0.4, -0.2) is 10.2 Å². The normalized spacial score (nSPS) is 12.2. The molecule has 1 unspecified atom stereocenters. The molecule has 0 aromatic heterocycles. The molecule has 0 aliphatic carbocycles. The van der Waals surface area contributed by atoms with Crippen LogP contribution in [0.4, 0.5) is 0 Å². The van der Waals surface area contributed by atoms with Crippen molar-refractivity contribution in [1.29, 1.82) is 5.26 Å². The Hall–Kier alpha value is -0.0700. The van der Waals surface area contributed by atoms with E-state index in [-0.39, 0.29) is 5.75 Å². The second-order valence-corrected chi connectivity index (χ2v) is 5.26. The van der Waals surface area contributed by atoms with E-state index < -0.39 is 6.10 Å². The van der Waals surface area contributed by atoms with E-state index in [9.17, 15) is 10.2 Å². The standard InChI is InChI=1S/C10H9I2NO2/c1-2-7(14)8-5(4-13)3-6(11)10(15)9(8)12/h3,7,14-15H,2H2,1H3. The summed E-state index contributed by atoms with van der Waals surface area (Å²) >= 11 is 3.92. The van der Waals surface area contributed by atoms with Crippen LogP contribution in [0.25, 0.3) is 0 Å². The molecule has 0 radical (unpaired) electrons. The monoisotopic (exact) mass is 429 g/mol. The first kappa shape index (κ1) is 13.0. The predicted octanol–water partition coefficient (Wildman–Crippen LogP) is 2.92. The SMILES string of the molecule is CCC(O)c1c(C#N)cc(I)c(O)c1I. The van der Waals surface area contributed by atoms with Gasteiger partial charge in [0.1, 0.15) is 5.75 Å². The Morgan fingerprint density at radius 2 is 2.13 bits per heavy atom. The van der Waals surface area contributed by atoms with Gasteiger partial charge in [0.05, 0.1) is 24.9 Å². The average molecular weight is 429 g/mol. The second kappa shape index (κ2) is 5.32. The molecule has 0 aliphatic heterocycles. The van der Waals surface area contributed by atoms with Gasteiger partial charge >= 0.3 is 0 Å². The lowest BCUT2D eigenvalue weighted by Crippen LogP contribution is -2.03. The van der Waals surface area contributed by atoms with Gasteiger partial charge in [-0.15, -0.1) is 0 Å². The van der Waals surface area contributed by atoms with E-state index in [0.717, 1.165) is 0 Å². The van der Waals surface area contributed by atoms with E-state index in [2.05, 4.69) is 0 Å². The van der Waals surface area contributed by atoms with Crippen LogP contribution < -0.4 is 0 Å². The van der Waals surface area contributed by atoms with E-state index in [1.165, 1.54) is 0 Å². The minimum Gasteiger partial charge on any atom is -0.506 e. The van der Waals surface area contributed by atoms with Gasteiger partial charge in [-0.05, 0) is 57.7 Å². The smallest absolute Gasteiger partial charge is 0.142 e. The molecule has 0 saturated carbocycles. The molecule has 1 atom stereocenters. The summed E-state index contributed by atoms with van der Waals surface area (Å²) in [4.78, 5) is 0. The van der Waals surface area contributed by atoms with Crippen LogP contribution in [0, 0.1) is 18.5 Å². The summed E-state index contributed by atoms with van der Waals surface area (Å²) in [5, 5.41) is 28.4. The van der Waals surface area contributed by atoms with Crippen LogP contribution in [0.3, 0.4) is 0 Å². The van der Waals surface area contributed by atoms with Crippen molar-refractivity contribution in [2.45, 2.75) is 19.4 Å². The number of phenols is 1. The van der Waals surface area contributed by atoms with Gasteiger partial charge in [-0.1, -0.05) is 6.92 Å². The summed E-state index contributed by atoms with van der Waals surface area (Å²) in [7, 11) is 0. The van der Waals surface area contributed by atoms with Gasteiger partial charge in [-0.25, -0.2) is 0 Å². The summed E-state index contributed by atoms with van der Waals surface area (Å²) < 4.78 is 1.19. The third-order valence-electron chi connectivity index (χ3n) is 2.07. The van der Waals surface area contributed by atoms with E-state index in [4.69, 9.17) is 5.26 Å². The highest BCUT2D eigenvalue weighted by molar-refractivity contribution is 14.1. The first-order chi connectivity index (χ1) is 7.02. The van der Waals surface area contributed by atoms with E-state index in [0.29, 0.717) is 24.7 Å². The molecule has 2 N–H and O–H groups in total. The number of benzene rings is 1. The van der Waals surface area contributed by atoms with Crippen molar-refractivity contribution in [3.63, 3.8) is 0 Å². The average Bonchev–Trinajstić information content (AvgIpc) is 2.24. The zero-order valence-electron chi connectivity index (χ0n) is 7.96. The number of aromatic hydroxyl groups is 1. The molecule has 0 bridgehead atoms. The Balaban J connectivity index is 3.49. The topological polar surface area (TPSA) is 64.2 Å². The number of phenolic OH excluding ortho intramolecular Hbond substituents is 1. The Labute approximate surface area is 115 Å². The zero-order chi connectivity index (χ0) is 11.6. The van der Waals surface area contributed by atoms with Crippen molar-refractivity contribution in [3.05, 3.63) is 24.3 Å². The maximum absolute atomic E-state index is 9.77. The molecule has 0 amide bonds. The largest absolute Gasteiger partial charge is 0.506 e. The summed E-state index contributed by atoms with van der Waals surface area (Å²) in [6.45, 7) is 1.83. The molecule has 3 nitrogen and oxygen atoms in total. The molecule has 0 heterocycles. The van der Waals surface area contributed by atoms with Gasteiger partial charge in [0.15, 0.2) is 0 Å². The lowest BCUT2D eigenvalue weighted by atomic mass is 10.0. The number of aliphatic hydroxyl groups excluding tert-OH is 1. The predicted molar refractivity (Wildman–Crippen MR) is 73.5 cm³/mol. The van der Waals surface area contributed by atoms with Crippen molar-refractivity contribution in [1.82, 2.24) is 0 Å². The second-order valence-electron chi connectivity index (χ2n) is 3.02. The van der Waals surface area contributed by atoms with Crippen LogP contribution in [0.1, 0.15) is 30.6 Å². The van der Waals surface area contributed by atoms with Gasteiger partial charge in [-0.2, -0.15) is 5.26 Å². The highest BCUT2D eigenvalue weighted by Gasteiger charge is 2.19. The van der Waals surface area contributed by atoms with Crippen molar-refractivity contribution < 1.29 is 10.2 Å². The fourth-order valence-electron chi connectivity index (χ4n) is 1.25. The quantitative estimate of drug-likeness (QED) is 0.712. The minimum atomic E-state index is -0.700. The highest BCUT2D eigenvalue weighted by Crippen LogP contribution is 2.35. The number of nitriles is 1. The molecule has 0 saturated heterocycles. The summed E-state index contributed by atoms with van der Waals surface area (Å²) in [5.74, 6) is 0.137. The molecule has 0 spiro atoms. The van der Waals surface area contributed by atoms with Crippen molar-refractivity contribution in [2.75, 3.05) is 0 Å². The molecular weight excluding hydrogens is 420 g/mol. The van der Waals surface area contributed by atoms with Crippen LogP contribution >= 0.6 is 45.2 Å². The Kier molecular flexibility index (Phi) is 4.61. The Bertz CT molecular complexity index is 426. The first-order valence-corrected chi connectivity index (χ1v) is 6.47. The van der Waals surface area contributed by atoms with Crippen LogP contribution in [-0.2, 0) is 0 Å². The number of halogens is 2. The summed E-state index contributed by atoms with van der Waals surface area (Å²) in [6, 6.07) is 3.63. The summed E-state index contributed by atoms with van der Waals surface area (Å²) in [5.41, 5.74) is 0.953. The molecular formula is C10H9I2NO2. The maximum Gasteiger partial charge on any atom is 0.142 e. The van der Waals surface area contributed by atoms with Crippen LogP contribution in [0.15, 0.2) is 6.07 Å². The maximum atomic E-state index is 9.77. The number of aliphatic hydroxyl groups is 1. The Morgan fingerprint density at radius 1 is 1.53 bits per heavy atom. The molecule has 1 rings (SSSR count). The van der Waals surface area contributed by atoms with Crippen molar-refractivity contribution in [2.24, 2.45) is 0 Å². The summed E-state index contributed by atoms with van der Waals surface area (Å²) in [6.07, 6.45) is -0.181. The number of rotatable bonds is 2. The third kappa shape index (κ3) is 2.54. The lowest BCUT2D eigenvalue weighted by molar-refractivity contribution is 0.172. The number of hydrogen-bond acceptors (Lipinski definition) is 3. The molecule has 0 fully saturated rings. The van der Waals surface area contributed by atoms with Gasteiger partial charge in [0.25, 0.3) is 0 Å². The van der Waals surface area contributed by atoms with Crippen LogP contribution in [0.2, 0.25) is 0 Å². The molecule has 80 valence electrons. The third-order valence-corrected chi connectivity index (χ3v) is 3.99. The van der Waals surface area contributed by atoms with E-state index in [1.807, 2.05) is 58.2 Å². The van der Waals surface area contributed by atoms with Gasteiger partial charge in [0.2, 0.25) is 0 Å². The molecule has 0 aliphatic rings. The van der Waals surface area contributed by atoms with Gasteiger partial charge < -0.3 is 10.2 Å². The van der Waals surface area contributed by atoms with Gasteiger partial charge in [-0.3, -0.25) is 0 Å². The molecule has 15 heavy (non-hydrogen) atoms. The van der Waals surface area contributed by atoms with E-state index in [1.54, 1.807) is 6.07 Å². The van der Waals surface area contributed by atoms with Gasteiger partial charge in [0, 0.05) is 5.56 Å². The highest BCUT2D eigenvalue weighted by atomic mass is 127. The van der Waals surface area contributed by atoms with E-state index >= 15 is 0 Å². The molecule has 5 heteroatoms. The van der Waals surface area contributed by atoms with Crippen LogP contribution in [0.5, 0.6) is 5.75 Å². The fourth-order valence-corrected chi connectivity index (χ4v) is 3.28. The molecule has 1 aromatic carbocycles.